The minimum atomic E-state index is -4.09. The Morgan fingerprint density at radius 2 is 1.67 bits per heavy atom. The van der Waals surface area contributed by atoms with Gasteiger partial charge < -0.3 is 10.6 Å². The smallest absolute Gasteiger partial charge is 0.300 e. The second-order valence-corrected chi connectivity index (χ2v) is 11.2. The second-order valence-electron chi connectivity index (χ2n) is 9.75. The SMILES string of the molecule is Cc1ccc(Nc2c(C(=O)NC3CC3)cc(Cc3ccnc(NS(=O)(=O)NC4CC4)c3F)c(F)c2F)c(F)c1. The zero-order chi connectivity index (χ0) is 27.9. The first-order valence-corrected chi connectivity index (χ1v) is 13.8. The Labute approximate surface area is 222 Å². The van der Waals surface area contributed by atoms with Crippen molar-refractivity contribution in [3.05, 3.63) is 82.1 Å². The van der Waals surface area contributed by atoms with Gasteiger partial charge in [0, 0.05) is 24.7 Å². The maximum atomic E-state index is 15.4. The molecule has 2 aromatic carbocycles. The number of anilines is 3. The summed E-state index contributed by atoms with van der Waals surface area (Å²) in [6.07, 6.45) is 3.39. The van der Waals surface area contributed by atoms with E-state index < -0.39 is 57.3 Å². The standard InChI is InChI=1S/C26H25F4N5O3S/c1-13-2-7-20(19(27)10-13)33-24-18(26(36)32-16-3-4-16)12-15(21(28)23(24)30)11-14-8-9-31-25(22(14)29)35-39(37,38)34-17-5-6-17/h2,7-10,12,16-17,33-34H,3-6,11H2,1H3,(H,31,35)(H,32,36). The third kappa shape index (κ3) is 6.31. The number of benzene rings is 2. The van der Waals surface area contributed by atoms with Crippen LogP contribution < -0.4 is 20.1 Å². The summed E-state index contributed by atoms with van der Waals surface area (Å²) in [5.74, 6) is -5.94. The molecule has 1 heterocycles. The Hall–Kier alpha value is -3.71. The molecule has 4 N–H and O–H groups in total. The van der Waals surface area contributed by atoms with Crippen LogP contribution in [-0.4, -0.2) is 31.4 Å². The van der Waals surface area contributed by atoms with Crippen LogP contribution in [0.4, 0.5) is 34.8 Å². The van der Waals surface area contributed by atoms with Gasteiger partial charge in [0.25, 0.3) is 5.91 Å². The monoisotopic (exact) mass is 563 g/mol. The number of halogens is 4. The van der Waals surface area contributed by atoms with Crippen molar-refractivity contribution in [2.24, 2.45) is 0 Å². The number of aromatic nitrogens is 1. The molecule has 0 spiro atoms. The molecule has 2 fully saturated rings. The van der Waals surface area contributed by atoms with E-state index in [1.54, 1.807) is 13.0 Å². The molecule has 5 rings (SSSR count). The highest BCUT2D eigenvalue weighted by Crippen LogP contribution is 2.33. The van der Waals surface area contributed by atoms with E-state index in [-0.39, 0.29) is 34.5 Å². The van der Waals surface area contributed by atoms with Crippen LogP contribution in [0.15, 0.2) is 36.5 Å². The van der Waals surface area contributed by atoms with Gasteiger partial charge in [0.1, 0.15) is 5.82 Å². The van der Waals surface area contributed by atoms with Gasteiger partial charge in [-0.25, -0.2) is 22.5 Å². The van der Waals surface area contributed by atoms with Gasteiger partial charge in [-0.05, 0) is 73.6 Å². The van der Waals surface area contributed by atoms with Crippen molar-refractivity contribution >= 4 is 33.3 Å². The molecule has 0 bridgehead atoms. The number of nitrogens with one attached hydrogen (secondary N) is 4. The van der Waals surface area contributed by atoms with Crippen molar-refractivity contribution in [2.45, 2.75) is 51.1 Å². The quantitative estimate of drug-likeness (QED) is 0.270. The number of carbonyl (C=O) groups is 1. The zero-order valence-electron chi connectivity index (χ0n) is 20.7. The van der Waals surface area contributed by atoms with Crippen molar-refractivity contribution in [2.75, 3.05) is 10.0 Å². The van der Waals surface area contributed by atoms with Crippen LogP contribution in [-0.2, 0) is 16.6 Å². The van der Waals surface area contributed by atoms with Gasteiger partial charge in [0.05, 0.1) is 16.9 Å². The highest BCUT2D eigenvalue weighted by Gasteiger charge is 2.30. The van der Waals surface area contributed by atoms with Crippen LogP contribution in [0.1, 0.15) is 52.7 Å². The molecule has 39 heavy (non-hydrogen) atoms. The van der Waals surface area contributed by atoms with Crippen molar-refractivity contribution < 1.29 is 30.8 Å². The van der Waals surface area contributed by atoms with Gasteiger partial charge in [-0.3, -0.25) is 9.52 Å². The maximum absolute atomic E-state index is 15.4. The second kappa shape index (κ2) is 10.5. The van der Waals surface area contributed by atoms with Crippen molar-refractivity contribution in [1.29, 1.82) is 0 Å². The molecule has 1 aromatic heterocycles. The van der Waals surface area contributed by atoms with E-state index in [2.05, 4.69) is 20.3 Å². The fraction of sp³-hybridized carbons (Fsp3) is 0.308. The van der Waals surface area contributed by atoms with E-state index in [0.29, 0.717) is 18.4 Å². The van der Waals surface area contributed by atoms with E-state index in [1.807, 2.05) is 4.72 Å². The van der Waals surface area contributed by atoms with Crippen LogP contribution in [0.5, 0.6) is 0 Å². The molecule has 0 unspecified atom stereocenters. The number of pyridine rings is 1. The number of rotatable bonds is 10. The molecule has 0 radical (unpaired) electrons. The summed E-state index contributed by atoms with van der Waals surface area (Å²) in [5, 5.41) is 5.19. The minimum Gasteiger partial charge on any atom is -0.350 e. The highest BCUT2D eigenvalue weighted by molar-refractivity contribution is 7.90. The Morgan fingerprint density at radius 3 is 2.33 bits per heavy atom. The van der Waals surface area contributed by atoms with Crippen LogP contribution in [0.3, 0.4) is 0 Å². The average molecular weight is 564 g/mol. The minimum absolute atomic E-state index is 0.115. The van der Waals surface area contributed by atoms with Crippen molar-refractivity contribution in [3.63, 3.8) is 0 Å². The fourth-order valence-electron chi connectivity index (χ4n) is 3.93. The first-order valence-electron chi connectivity index (χ1n) is 12.3. The molecule has 0 atom stereocenters. The molecule has 2 saturated carbocycles. The number of hydrogen-bond acceptors (Lipinski definition) is 5. The molecule has 8 nitrogen and oxygen atoms in total. The Kier molecular flexibility index (Phi) is 7.21. The van der Waals surface area contributed by atoms with Gasteiger partial charge in [0.2, 0.25) is 0 Å². The zero-order valence-corrected chi connectivity index (χ0v) is 21.6. The third-order valence-corrected chi connectivity index (χ3v) is 7.41. The summed E-state index contributed by atoms with van der Waals surface area (Å²) < 4.78 is 89.1. The lowest BCUT2D eigenvalue weighted by Crippen LogP contribution is -2.32. The average Bonchev–Trinajstić information content (AvgIpc) is 3.80. The molecule has 2 aliphatic carbocycles. The summed E-state index contributed by atoms with van der Waals surface area (Å²) >= 11 is 0. The lowest BCUT2D eigenvalue weighted by atomic mass is 9.99. The molecular formula is C26H25F4N5O3S. The highest BCUT2D eigenvalue weighted by atomic mass is 32.2. The molecule has 0 aliphatic heterocycles. The van der Waals surface area contributed by atoms with Gasteiger partial charge in [-0.1, -0.05) is 6.07 Å². The number of carbonyl (C=O) groups excluding carboxylic acids is 1. The Balaban J connectivity index is 1.49. The normalized spacial score (nSPS) is 15.2. The molecule has 1 amide bonds. The number of aryl methyl sites for hydroxylation is 1. The Bertz CT molecular complexity index is 1560. The summed E-state index contributed by atoms with van der Waals surface area (Å²) in [6, 6.07) is 6.02. The van der Waals surface area contributed by atoms with Crippen LogP contribution in [0, 0.1) is 30.2 Å². The van der Waals surface area contributed by atoms with Gasteiger partial charge >= 0.3 is 10.2 Å². The van der Waals surface area contributed by atoms with E-state index in [1.165, 1.54) is 18.2 Å². The largest absolute Gasteiger partial charge is 0.350 e. The first kappa shape index (κ1) is 26.9. The van der Waals surface area contributed by atoms with Crippen molar-refractivity contribution in [1.82, 2.24) is 15.0 Å². The topological polar surface area (TPSA) is 112 Å². The Morgan fingerprint density at radius 1 is 0.949 bits per heavy atom. The number of amides is 1. The van der Waals surface area contributed by atoms with E-state index in [4.69, 9.17) is 0 Å². The summed E-state index contributed by atoms with van der Waals surface area (Å²) in [6.45, 7) is 1.66. The predicted octanol–water partition coefficient (Wildman–Crippen LogP) is 4.58. The molecule has 13 heteroatoms. The summed E-state index contributed by atoms with van der Waals surface area (Å²) in [5.41, 5.74) is -0.962. The molecule has 2 aliphatic rings. The van der Waals surface area contributed by atoms with Crippen molar-refractivity contribution in [3.8, 4) is 0 Å². The number of hydrogen-bond donors (Lipinski definition) is 4. The lowest BCUT2D eigenvalue weighted by molar-refractivity contribution is 0.0951. The lowest BCUT2D eigenvalue weighted by Gasteiger charge is -2.17. The van der Waals surface area contributed by atoms with Gasteiger partial charge in [0.15, 0.2) is 23.3 Å². The van der Waals surface area contributed by atoms with Gasteiger partial charge in [-0.15, -0.1) is 0 Å². The molecule has 3 aromatic rings. The third-order valence-electron chi connectivity index (χ3n) is 6.30. The van der Waals surface area contributed by atoms with E-state index in [0.717, 1.165) is 25.1 Å². The number of nitrogens with zero attached hydrogens (tertiary/aromatic N) is 1. The molecule has 206 valence electrons. The molecule has 0 saturated heterocycles. The first-order chi connectivity index (χ1) is 18.5. The van der Waals surface area contributed by atoms with Crippen LogP contribution in [0.2, 0.25) is 0 Å². The predicted molar refractivity (Wildman–Crippen MR) is 137 cm³/mol. The van der Waals surface area contributed by atoms with E-state index >= 15 is 13.2 Å². The van der Waals surface area contributed by atoms with Crippen LogP contribution in [0.25, 0.3) is 0 Å². The summed E-state index contributed by atoms with van der Waals surface area (Å²) in [7, 11) is -4.09. The van der Waals surface area contributed by atoms with Gasteiger partial charge in [-0.2, -0.15) is 13.1 Å². The van der Waals surface area contributed by atoms with E-state index in [9.17, 15) is 17.6 Å². The maximum Gasteiger partial charge on any atom is 0.300 e. The summed E-state index contributed by atoms with van der Waals surface area (Å²) in [4.78, 5) is 16.7. The fourth-order valence-corrected chi connectivity index (χ4v) is 5.06. The van der Waals surface area contributed by atoms with Crippen LogP contribution >= 0.6 is 0 Å². The molecular weight excluding hydrogens is 538 g/mol.